The molecule has 1 atom stereocenters. The fraction of sp³-hybridized carbons (Fsp3) is 0.250. The van der Waals surface area contributed by atoms with Crippen LogP contribution in [0.15, 0.2) is 54.9 Å². The molecule has 1 unspecified atom stereocenters. The van der Waals surface area contributed by atoms with E-state index in [9.17, 15) is 4.79 Å². The van der Waals surface area contributed by atoms with Crippen LogP contribution in [0.3, 0.4) is 0 Å². The number of aromatic amines is 1. The Balaban J connectivity index is 1.67. The predicted octanol–water partition coefficient (Wildman–Crippen LogP) is 4.20. The third-order valence-corrected chi connectivity index (χ3v) is 6.01. The molecule has 1 aliphatic rings. The van der Waals surface area contributed by atoms with E-state index in [2.05, 4.69) is 9.97 Å². The van der Waals surface area contributed by atoms with Crippen molar-refractivity contribution in [1.29, 1.82) is 0 Å². The maximum absolute atomic E-state index is 15.1. The number of rotatable bonds is 5. The van der Waals surface area contributed by atoms with Crippen LogP contribution in [0.25, 0.3) is 10.9 Å². The normalized spacial score (nSPS) is 14.8. The molecule has 4 aromatic rings. The first-order valence-corrected chi connectivity index (χ1v) is 10.3. The Hall–Kier alpha value is -3.45. The molecule has 0 bridgehead atoms. The number of benzene rings is 2. The van der Waals surface area contributed by atoms with Gasteiger partial charge in [-0.15, -0.1) is 0 Å². The molecule has 0 aliphatic carbocycles. The molecule has 2 aromatic heterocycles. The highest BCUT2D eigenvalue weighted by Gasteiger charge is 2.34. The first kappa shape index (κ1) is 19.5. The molecule has 3 heterocycles. The highest BCUT2D eigenvalue weighted by Crippen LogP contribution is 2.37. The van der Waals surface area contributed by atoms with E-state index in [1.807, 2.05) is 47.9 Å². The van der Waals surface area contributed by atoms with Crippen LogP contribution < -0.4 is 0 Å². The largest absolute Gasteiger partial charge is 0.357 e. The quantitative estimate of drug-likeness (QED) is 0.528. The summed E-state index contributed by atoms with van der Waals surface area (Å²) < 4.78 is 22.8. The van der Waals surface area contributed by atoms with Crippen molar-refractivity contribution < 1.29 is 13.9 Å². The number of nitrogens with zero attached hydrogens (tertiary/aromatic N) is 3. The second-order valence-corrected chi connectivity index (χ2v) is 7.78. The van der Waals surface area contributed by atoms with Gasteiger partial charge in [-0.1, -0.05) is 42.5 Å². The van der Waals surface area contributed by atoms with Gasteiger partial charge in [0.2, 0.25) is 0 Å². The molecule has 1 amide bonds. The molecule has 6 nitrogen and oxygen atoms in total. The minimum absolute atomic E-state index is 0.110. The molecular weight excluding hydrogens is 395 g/mol. The molecule has 0 spiro atoms. The molecule has 2 aromatic carbocycles. The van der Waals surface area contributed by atoms with Gasteiger partial charge in [-0.25, -0.2) is 9.37 Å². The number of aromatic nitrogens is 3. The Morgan fingerprint density at radius 2 is 2.00 bits per heavy atom. The number of halogens is 1. The number of hydrogen-bond donors (Lipinski definition) is 1. The Bertz CT molecular complexity index is 1260. The number of fused-ring (bicyclic) bond motifs is 3. The summed E-state index contributed by atoms with van der Waals surface area (Å²) in [4.78, 5) is 22.7. The molecular formula is C24H23FN4O2. The van der Waals surface area contributed by atoms with Gasteiger partial charge >= 0.3 is 0 Å². The van der Waals surface area contributed by atoms with Crippen LogP contribution in [0.2, 0.25) is 0 Å². The SMILES string of the molecule is COC(c1ccccc1)n1c2c(c3cccc(F)c31)C(=O)N(Cc1nc[nH]c1C)CC2. The summed E-state index contributed by atoms with van der Waals surface area (Å²) in [6, 6.07) is 14.6. The highest BCUT2D eigenvalue weighted by atomic mass is 19.1. The van der Waals surface area contributed by atoms with E-state index in [-0.39, 0.29) is 11.7 Å². The van der Waals surface area contributed by atoms with Crippen molar-refractivity contribution in [1.82, 2.24) is 19.4 Å². The number of aryl methyl sites for hydroxylation is 1. The molecule has 0 saturated carbocycles. The summed E-state index contributed by atoms with van der Waals surface area (Å²) in [5.74, 6) is -0.478. The maximum atomic E-state index is 15.1. The number of ether oxygens (including phenoxy) is 1. The van der Waals surface area contributed by atoms with E-state index < -0.39 is 6.23 Å². The number of para-hydroxylation sites is 1. The molecule has 31 heavy (non-hydrogen) atoms. The number of imidazole rings is 1. The molecule has 7 heteroatoms. The van der Waals surface area contributed by atoms with Gasteiger partial charge in [0, 0.05) is 42.4 Å². The van der Waals surface area contributed by atoms with Crippen LogP contribution in [0.1, 0.15) is 39.2 Å². The smallest absolute Gasteiger partial charge is 0.256 e. The summed E-state index contributed by atoms with van der Waals surface area (Å²) >= 11 is 0. The van der Waals surface area contributed by atoms with Crippen LogP contribution in [-0.4, -0.2) is 39.0 Å². The Morgan fingerprint density at radius 1 is 1.19 bits per heavy atom. The van der Waals surface area contributed by atoms with Gasteiger partial charge in [0.05, 0.1) is 29.6 Å². The summed E-state index contributed by atoms with van der Waals surface area (Å²) in [5, 5.41) is 0.612. The van der Waals surface area contributed by atoms with Crippen molar-refractivity contribution in [2.24, 2.45) is 0 Å². The van der Waals surface area contributed by atoms with Gasteiger partial charge in [0.25, 0.3) is 5.91 Å². The van der Waals surface area contributed by atoms with Gasteiger partial charge in [0.1, 0.15) is 5.82 Å². The number of carbonyl (C=O) groups is 1. The fourth-order valence-corrected chi connectivity index (χ4v) is 4.50. The van der Waals surface area contributed by atoms with Crippen LogP contribution in [-0.2, 0) is 17.7 Å². The second-order valence-electron chi connectivity index (χ2n) is 7.78. The molecule has 0 saturated heterocycles. The first-order valence-electron chi connectivity index (χ1n) is 10.3. The van der Waals surface area contributed by atoms with Crippen molar-refractivity contribution in [3.05, 3.63) is 88.9 Å². The number of methoxy groups -OCH3 is 1. The lowest BCUT2D eigenvalue weighted by atomic mass is 10.0. The summed E-state index contributed by atoms with van der Waals surface area (Å²) in [5.41, 5.74) is 4.42. The number of carbonyl (C=O) groups excluding carboxylic acids is 1. The lowest BCUT2D eigenvalue weighted by Gasteiger charge is -2.29. The molecule has 158 valence electrons. The van der Waals surface area contributed by atoms with Gasteiger partial charge < -0.3 is 19.2 Å². The monoisotopic (exact) mass is 418 g/mol. The van der Waals surface area contributed by atoms with E-state index in [1.165, 1.54) is 6.07 Å². The average Bonchev–Trinajstić information content (AvgIpc) is 3.34. The van der Waals surface area contributed by atoms with E-state index >= 15 is 4.39 Å². The lowest BCUT2D eigenvalue weighted by Crippen LogP contribution is -2.38. The molecule has 5 rings (SSSR count). The maximum Gasteiger partial charge on any atom is 0.256 e. The molecule has 0 radical (unpaired) electrons. The summed E-state index contributed by atoms with van der Waals surface area (Å²) in [7, 11) is 1.61. The van der Waals surface area contributed by atoms with Crippen molar-refractivity contribution in [2.75, 3.05) is 13.7 Å². The van der Waals surface area contributed by atoms with Crippen molar-refractivity contribution in [3.8, 4) is 0 Å². The zero-order valence-electron chi connectivity index (χ0n) is 17.4. The van der Waals surface area contributed by atoms with Crippen LogP contribution in [0.4, 0.5) is 4.39 Å². The lowest BCUT2D eigenvalue weighted by molar-refractivity contribution is 0.0685. The molecule has 1 N–H and O–H groups in total. The van der Waals surface area contributed by atoms with Gasteiger partial charge in [-0.05, 0) is 13.0 Å². The highest BCUT2D eigenvalue weighted by molar-refractivity contribution is 6.09. The summed E-state index contributed by atoms with van der Waals surface area (Å²) in [6.07, 6.45) is 1.71. The van der Waals surface area contributed by atoms with Crippen molar-refractivity contribution in [3.63, 3.8) is 0 Å². The topological polar surface area (TPSA) is 63.1 Å². The van der Waals surface area contributed by atoms with E-state index in [0.29, 0.717) is 36.0 Å². The third-order valence-electron chi connectivity index (χ3n) is 6.01. The zero-order valence-corrected chi connectivity index (χ0v) is 17.4. The van der Waals surface area contributed by atoms with E-state index in [0.717, 1.165) is 22.6 Å². The molecule has 1 aliphatic heterocycles. The standard InChI is InChI=1S/C24H23FN4O2/c1-15-19(27-14-26-15)13-28-12-11-20-21(23(28)30)17-9-6-10-18(25)22(17)29(20)24(31-2)16-7-4-3-5-8-16/h3-10,14,24H,11-13H2,1-2H3,(H,26,27). The fourth-order valence-electron chi connectivity index (χ4n) is 4.50. The van der Waals surface area contributed by atoms with Crippen LogP contribution in [0.5, 0.6) is 0 Å². The molecule has 0 fully saturated rings. The number of amides is 1. The van der Waals surface area contributed by atoms with Crippen LogP contribution >= 0.6 is 0 Å². The van der Waals surface area contributed by atoms with Gasteiger partial charge in [-0.2, -0.15) is 0 Å². The average molecular weight is 418 g/mol. The van der Waals surface area contributed by atoms with Crippen molar-refractivity contribution in [2.45, 2.75) is 26.1 Å². The van der Waals surface area contributed by atoms with Gasteiger partial charge in [0.15, 0.2) is 6.23 Å². The number of H-pyrrole nitrogens is 1. The predicted molar refractivity (Wildman–Crippen MR) is 115 cm³/mol. The zero-order chi connectivity index (χ0) is 21.5. The van der Waals surface area contributed by atoms with E-state index in [1.54, 1.807) is 24.4 Å². The number of nitrogens with one attached hydrogen (secondary N) is 1. The first-order chi connectivity index (χ1) is 15.1. The van der Waals surface area contributed by atoms with Crippen molar-refractivity contribution >= 4 is 16.8 Å². The minimum Gasteiger partial charge on any atom is -0.357 e. The number of hydrogen-bond acceptors (Lipinski definition) is 3. The Labute approximate surface area is 179 Å². The minimum atomic E-state index is -0.530. The van der Waals surface area contributed by atoms with Crippen LogP contribution in [0, 0.1) is 12.7 Å². The Morgan fingerprint density at radius 3 is 2.71 bits per heavy atom. The third kappa shape index (κ3) is 3.13. The second kappa shape index (κ2) is 7.67. The Kier molecular flexibility index (Phi) is 4.82. The van der Waals surface area contributed by atoms with E-state index in [4.69, 9.17) is 4.74 Å². The van der Waals surface area contributed by atoms with Gasteiger partial charge in [-0.3, -0.25) is 4.79 Å². The summed E-state index contributed by atoms with van der Waals surface area (Å²) in [6.45, 7) is 2.88.